The first-order chi connectivity index (χ1) is 9.97. The fourth-order valence-corrected chi connectivity index (χ4v) is 11.3. The van der Waals surface area contributed by atoms with E-state index < -0.39 is 8.07 Å². The van der Waals surface area contributed by atoms with Crippen LogP contribution in [0.4, 0.5) is 0 Å². The van der Waals surface area contributed by atoms with Gasteiger partial charge in [0, 0.05) is 0 Å². The van der Waals surface area contributed by atoms with E-state index >= 15 is 0 Å². The summed E-state index contributed by atoms with van der Waals surface area (Å²) in [5.41, 5.74) is 6.12. The Bertz CT molecular complexity index is 506. The quantitative estimate of drug-likeness (QED) is 0.395. The van der Waals surface area contributed by atoms with Crippen LogP contribution in [0.2, 0.25) is 12.1 Å². The molecule has 0 spiro atoms. The molecule has 2 rings (SSSR count). The van der Waals surface area contributed by atoms with Crippen LogP contribution in [0.3, 0.4) is 0 Å². The third kappa shape index (κ3) is 4.87. The maximum Gasteiger partial charge on any atom is 4.00 e. The van der Waals surface area contributed by atoms with E-state index in [2.05, 4.69) is 53.7 Å². The second kappa shape index (κ2) is 11.4. The van der Waals surface area contributed by atoms with Gasteiger partial charge in [0.25, 0.3) is 0 Å². The molecule has 0 saturated heterocycles. The Balaban J connectivity index is 0. The van der Waals surface area contributed by atoms with Crippen LogP contribution in [0.5, 0.6) is 0 Å². The summed E-state index contributed by atoms with van der Waals surface area (Å²) >= 11 is 0. The van der Waals surface area contributed by atoms with E-state index in [0.29, 0.717) is 0 Å². The Morgan fingerprint density at radius 1 is 0.750 bits per heavy atom. The van der Waals surface area contributed by atoms with Crippen LogP contribution < -0.4 is 24.8 Å². The van der Waals surface area contributed by atoms with Gasteiger partial charge >= 0.3 is 26.2 Å². The largest absolute Gasteiger partial charge is 4.00 e. The Labute approximate surface area is 182 Å². The maximum absolute atomic E-state index is 3.62. The third-order valence-electron chi connectivity index (χ3n) is 5.15. The van der Waals surface area contributed by atoms with E-state index in [9.17, 15) is 0 Å². The molecule has 2 aliphatic rings. The first kappa shape index (κ1) is 26.9. The third-order valence-corrected chi connectivity index (χ3v) is 11.4. The standard InChI is InChI=1S/C20H30Si.2ClH.Zr/c1-7-13-21(14-8-2,19-15(3)9-10-16(19)4)20-17(5)11-12-18(20)6;;;/h7-9,11,13-14H2,1-6H3;2*1H;/q-2;;;+4/p-2. The molecule has 0 saturated carbocycles. The van der Waals surface area contributed by atoms with Crippen molar-refractivity contribution < 1.29 is 51.0 Å². The van der Waals surface area contributed by atoms with Gasteiger partial charge in [-0.05, 0) is 0 Å². The zero-order valence-corrected chi connectivity index (χ0v) is 21.0. The van der Waals surface area contributed by atoms with Gasteiger partial charge in [0.05, 0.1) is 0 Å². The second-order valence-electron chi connectivity index (χ2n) is 6.85. The van der Waals surface area contributed by atoms with Gasteiger partial charge in [0.2, 0.25) is 0 Å². The molecule has 4 heteroatoms. The molecule has 0 radical (unpaired) electrons. The van der Waals surface area contributed by atoms with E-state index in [1.165, 1.54) is 36.1 Å². The minimum atomic E-state index is -1.62. The van der Waals surface area contributed by atoms with E-state index in [4.69, 9.17) is 0 Å². The number of halogens is 2. The molecule has 0 heterocycles. The average Bonchev–Trinajstić information content (AvgIpc) is 2.93. The molecule has 0 aromatic rings. The molecular formula is C20H30Cl2SiZr. The van der Waals surface area contributed by atoms with Crippen molar-refractivity contribution in [1.29, 1.82) is 0 Å². The number of hydrogen-bond donors (Lipinski definition) is 0. The van der Waals surface area contributed by atoms with Crippen LogP contribution in [-0.4, -0.2) is 8.07 Å². The molecule has 132 valence electrons. The summed E-state index contributed by atoms with van der Waals surface area (Å²) in [6.07, 6.45) is 11.9. The van der Waals surface area contributed by atoms with Crippen LogP contribution in [-0.2, 0) is 26.2 Å². The van der Waals surface area contributed by atoms with Crippen LogP contribution in [0.25, 0.3) is 0 Å². The smallest absolute Gasteiger partial charge is 1.00 e. The van der Waals surface area contributed by atoms with E-state index in [-0.39, 0.29) is 51.0 Å². The summed E-state index contributed by atoms with van der Waals surface area (Å²) in [5, 5.41) is 3.48. The zero-order valence-electron chi connectivity index (χ0n) is 16.0. The number of rotatable bonds is 6. The van der Waals surface area contributed by atoms with Gasteiger partial charge in [-0.15, -0.1) is 12.8 Å². The van der Waals surface area contributed by atoms with Crippen molar-refractivity contribution in [2.24, 2.45) is 0 Å². The van der Waals surface area contributed by atoms with Gasteiger partial charge in [-0.1, -0.05) is 74.5 Å². The Hall–Kier alpha value is 0.640. The molecule has 0 N–H and O–H groups in total. The van der Waals surface area contributed by atoms with Gasteiger partial charge in [-0.3, -0.25) is 12.2 Å². The van der Waals surface area contributed by atoms with Gasteiger partial charge in [0.15, 0.2) is 0 Å². The first-order valence-electron chi connectivity index (χ1n) is 8.54. The molecule has 0 fully saturated rings. The minimum absolute atomic E-state index is 0. The molecule has 0 unspecified atom stereocenters. The molecule has 24 heavy (non-hydrogen) atoms. The number of allylic oxidation sites excluding steroid dienone is 8. The van der Waals surface area contributed by atoms with Crippen molar-refractivity contribution in [3.8, 4) is 0 Å². The molecule has 0 amide bonds. The molecule has 0 bridgehead atoms. The van der Waals surface area contributed by atoms with Crippen molar-refractivity contribution >= 4 is 8.07 Å². The fraction of sp³-hybridized carbons (Fsp3) is 0.600. The van der Waals surface area contributed by atoms with E-state index in [0.717, 1.165) is 12.8 Å². The normalized spacial score (nSPS) is 17.1. The van der Waals surface area contributed by atoms with Crippen LogP contribution in [0.1, 0.15) is 67.2 Å². The monoisotopic (exact) mass is 458 g/mol. The molecule has 0 aromatic heterocycles. The Morgan fingerprint density at radius 2 is 1.08 bits per heavy atom. The summed E-state index contributed by atoms with van der Waals surface area (Å²) < 4.78 is 0. The summed E-state index contributed by atoms with van der Waals surface area (Å²) in [7, 11) is -1.62. The fourth-order valence-electron chi connectivity index (χ4n) is 4.66. The molecule has 0 atom stereocenters. The summed E-state index contributed by atoms with van der Waals surface area (Å²) in [5.74, 6) is 0. The van der Waals surface area contributed by atoms with Gasteiger partial charge in [0.1, 0.15) is 0 Å². The molecule has 2 aliphatic carbocycles. The molecule has 0 aromatic carbocycles. The van der Waals surface area contributed by atoms with Crippen LogP contribution in [0, 0.1) is 12.2 Å². The summed E-state index contributed by atoms with van der Waals surface area (Å²) in [4.78, 5) is 0. The van der Waals surface area contributed by atoms with Crippen molar-refractivity contribution in [1.82, 2.24) is 0 Å². The maximum atomic E-state index is 3.62. The van der Waals surface area contributed by atoms with Crippen molar-refractivity contribution in [2.75, 3.05) is 0 Å². The SMILES string of the molecule is CCC[Si](CCC)(C1=C(C)C[C-]=C1C)C1=C(C)C[C-]=C1C.[Cl-].[Cl-].[Zr+4]. The van der Waals surface area contributed by atoms with Crippen LogP contribution >= 0.6 is 0 Å². The topological polar surface area (TPSA) is 0 Å². The van der Waals surface area contributed by atoms with E-state index in [1.54, 1.807) is 21.5 Å². The van der Waals surface area contributed by atoms with Crippen molar-refractivity contribution in [3.05, 3.63) is 44.8 Å². The van der Waals surface area contributed by atoms with Crippen LogP contribution in [0.15, 0.2) is 32.7 Å². The van der Waals surface area contributed by atoms with Gasteiger partial charge in [-0.25, -0.2) is 21.5 Å². The Kier molecular flexibility index (Phi) is 12.7. The molecule has 0 aliphatic heterocycles. The minimum Gasteiger partial charge on any atom is -1.00 e. The first-order valence-corrected chi connectivity index (χ1v) is 10.9. The molecular weight excluding hydrogens is 430 g/mol. The van der Waals surface area contributed by atoms with Gasteiger partial charge < -0.3 is 24.8 Å². The van der Waals surface area contributed by atoms with Crippen molar-refractivity contribution in [3.63, 3.8) is 0 Å². The average molecular weight is 461 g/mol. The Morgan fingerprint density at radius 3 is 1.29 bits per heavy atom. The van der Waals surface area contributed by atoms with Crippen molar-refractivity contribution in [2.45, 2.75) is 79.3 Å². The predicted molar refractivity (Wildman–Crippen MR) is 95.4 cm³/mol. The zero-order chi connectivity index (χ0) is 15.6. The number of hydrogen-bond acceptors (Lipinski definition) is 0. The molecule has 0 nitrogen and oxygen atoms in total. The summed E-state index contributed by atoms with van der Waals surface area (Å²) in [6, 6.07) is 2.77. The predicted octanol–water partition coefficient (Wildman–Crippen LogP) is 0.278. The van der Waals surface area contributed by atoms with Gasteiger partial charge in [-0.2, -0.15) is 11.1 Å². The summed E-state index contributed by atoms with van der Waals surface area (Å²) in [6.45, 7) is 14.0. The van der Waals surface area contributed by atoms with E-state index in [1.807, 2.05) is 0 Å². The second-order valence-corrected chi connectivity index (χ2v) is 11.0.